The lowest BCUT2D eigenvalue weighted by Gasteiger charge is -2.35. The van der Waals surface area contributed by atoms with Crippen LogP contribution in [0.4, 0.5) is 18.9 Å². The molecule has 5 rings (SSSR count). The molecule has 45 heavy (non-hydrogen) atoms. The lowest BCUT2D eigenvalue weighted by atomic mass is 9.89. The average molecular weight is 671 g/mol. The fourth-order valence-corrected chi connectivity index (χ4v) is 8.80. The van der Waals surface area contributed by atoms with Crippen LogP contribution >= 0.6 is 0 Å². The SMILES string of the molecule is Cc1cc(N(C2CCOCC2)S(C)=O)cc(C)c1CCS(=O)(=O)N1CCC2(CC1)N=C(c1cccc(OC(F)(F)F)c1)NC2=O. The number of piperidine rings is 1. The molecular weight excluding hydrogens is 633 g/mol. The van der Waals surface area contributed by atoms with Gasteiger partial charge in [0.25, 0.3) is 5.91 Å². The molecule has 15 heteroatoms. The lowest BCUT2D eigenvalue weighted by Crippen LogP contribution is -2.50. The van der Waals surface area contributed by atoms with Crippen LogP contribution in [0.5, 0.6) is 5.75 Å². The minimum Gasteiger partial charge on any atom is -0.406 e. The van der Waals surface area contributed by atoms with E-state index >= 15 is 0 Å². The van der Waals surface area contributed by atoms with E-state index in [-0.39, 0.29) is 49.1 Å². The molecule has 10 nitrogen and oxygen atoms in total. The predicted octanol–water partition coefficient (Wildman–Crippen LogP) is 3.76. The minimum atomic E-state index is -4.86. The third-order valence-electron chi connectivity index (χ3n) is 8.61. The Balaban J connectivity index is 1.24. The molecule has 2 aromatic rings. The summed E-state index contributed by atoms with van der Waals surface area (Å²) in [5.74, 6) is -0.834. The zero-order valence-corrected chi connectivity index (χ0v) is 27.0. The highest BCUT2D eigenvalue weighted by Crippen LogP contribution is 2.34. The van der Waals surface area contributed by atoms with Crippen molar-refractivity contribution in [3.63, 3.8) is 0 Å². The third-order valence-corrected chi connectivity index (χ3v) is 11.5. The van der Waals surface area contributed by atoms with E-state index < -0.39 is 44.6 Å². The molecule has 0 bridgehead atoms. The van der Waals surface area contributed by atoms with Crippen molar-refractivity contribution in [2.75, 3.05) is 42.6 Å². The van der Waals surface area contributed by atoms with Crippen molar-refractivity contribution in [1.82, 2.24) is 9.62 Å². The average Bonchev–Trinajstić information content (AvgIpc) is 3.27. The van der Waals surface area contributed by atoms with E-state index in [1.54, 1.807) is 6.26 Å². The molecule has 0 radical (unpaired) electrons. The summed E-state index contributed by atoms with van der Waals surface area (Å²) in [6, 6.07) is 9.22. The number of hydrogen-bond acceptors (Lipinski definition) is 7. The number of amidine groups is 1. The second kappa shape index (κ2) is 13.0. The number of ether oxygens (including phenoxy) is 2. The maximum absolute atomic E-state index is 13.4. The molecule has 1 spiro atoms. The molecule has 3 aliphatic rings. The molecule has 3 heterocycles. The first-order chi connectivity index (χ1) is 21.2. The molecule has 0 aliphatic carbocycles. The Labute approximate surface area is 263 Å². The molecule has 0 saturated carbocycles. The number of amides is 1. The number of aliphatic imine (C=N–C) groups is 1. The van der Waals surface area contributed by atoms with E-state index in [4.69, 9.17) is 4.74 Å². The first kappa shape index (κ1) is 33.4. The van der Waals surface area contributed by atoms with Gasteiger partial charge in [0.1, 0.15) is 28.1 Å². The van der Waals surface area contributed by atoms with Crippen LogP contribution in [0.2, 0.25) is 0 Å². The quantitative estimate of drug-likeness (QED) is 0.435. The molecule has 3 aliphatic heterocycles. The number of aryl methyl sites for hydroxylation is 2. The lowest BCUT2D eigenvalue weighted by molar-refractivity contribution is -0.274. The van der Waals surface area contributed by atoms with Crippen LogP contribution < -0.4 is 14.4 Å². The molecule has 1 amide bonds. The molecule has 2 aromatic carbocycles. The number of sulfonamides is 1. The standard InChI is InChI=1S/C30H37F3N4O6S2/c1-20-17-24(37(44(3)39)23-7-14-42-15-8-23)18-21(2)26(20)9-16-45(40,41)36-12-10-29(11-13-36)28(38)34-27(35-29)22-5-4-6-25(19-22)43-30(31,32)33/h4-6,17-19,23H,7-16H2,1-3H3,(H,34,35,38). The van der Waals surface area contributed by atoms with Crippen molar-refractivity contribution < 1.29 is 40.1 Å². The van der Waals surface area contributed by atoms with Gasteiger partial charge in [0, 0.05) is 44.2 Å². The number of hydrogen-bond donors (Lipinski definition) is 1. The zero-order chi connectivity index (χ0) is 32.6. The second-order valence-electron chi connectivity index (χ2n) is 11.6. The Bertz CT molecular complexity index is 1580. The van der Waals surface area contributed by atoms with Crippen LogP contribution in [-0.4, -0.2) is 84.9 Å². The number of rotatable bonds is 9. The monoisotopic (exact) mass is 670 g/mol. The number of anilines is 1. The Morgan fingerprint density at radius 1 is 1.13 bits per heavy atom. The highest BCUT2D eigenvalue weighted by Gasteiger charge is 2.47. The molecule has 2 saturated heterocycles. The van der Waals surface area contributed by atoms with E-state index in [9.17, 15) is 30.6 Å². The first-order valence-corrected chi connectivity index (χ1v) is 17.9. The van der Waals surface area contributed by atoms with Gasteiger partial charge >= 0.3 is 6.36 Å². The van der Waals surface area contributed by atoms with Gasteiger partial charge in [0.05, 0.1) is 11.4 Å². The number of carbonyl (C=O) groups excluding carboxylic acids is 1. The van der Waals surface area contributed by atoms with Crippen molar-refractivity contribution in [1.29, 1.82) is 0 Å². The topological polar surface area (TPSA) is 118 Å². The van der Waals surface area contributed by atoms with Crippen molar-refractivity contribution in [2.45, 2.75) is 63.9 Å². The van der Waals surface area contributed by atoms with Crippen LogP contribution in [0.25, 0.3) is 0 Å². The molecule has 1 unspecified atom stereocenters. The van der Waals surface area contributed by atoms with Gasteiger partial charge in [0.2, 0.25) is 10.0 Å². The normalized spacial score (nSPS) is 20.1. The Hall–Kier alpha value is -3.01. The summed E-state index contributed by atoms with van der Waals surface area (Å²) in [7, 11) is -4.90. The highest BCUT2D eigenvalue weighted by atomic mass is 32.2. The third kappa shape index (κ3) is 7.53. The summed E-state index contributed by atoms with van der Waals surface area (Å²) < 4.78 is 90.2. The van der Waals surface area contributed by atoms with Gasteiger partial charge in [-0.05, 0) is 86.9 Å². The van der Waals surface area contributed by atoms with Crippen LogP contribution in [-0.2, 0) is 37.0 Å². The van der Waals surface area contributed by atoms with E-state index in [0.717, 1.165) is 47.4 Å². The fourth-order valence-electron chi connectivity index (χ4n) is 6.31. The van der Waals surface area contributed by atoms with Crippen molar-refractivity contribution in [2.24, 2.45) is 4.99 Å². The van der Waals surface area contributed by atoms with Crippen molar-refractivity contribution in [3.8, 4) is 5.75 Å². The predicted molar refractivity (Wildman–Crippen MR) is 165 cm³/mol. The minimum absolute atomic E-state index is 0.0863. The van der Waals surface area contributed by atoms with Crippen LogP contribution in [0.3, 0.4) is 0 Å². The summed E-state index contributed by atoms with van der Waals surface area (Å²) in [6.45, 7) is 5.28. The van der Waals surface area contributed by atoms with Gasteiger partial charge in [-0.1, -0.05) is 12.1 Å². The number of nitrogens with one attached hydrogen (secondary N) is 1. The van der Waals surface area contributed by atoms with Crippen molar-refractivity contribution >= 4 is 38.4 Å². The molecule has 1 N–H and O–H groups in total. The van der Waals surface area contributed by atoms with E-state index in [0.29, 0.717) is 19.6 Å². The van der Waals surface area contributed by atoms with E-state index in [1.165, 1.54) is 16.4 Å². The van der Waals surface area contributed by atoms with E-state index in [1.807, 2.05) is 30.3 Å². The smallest absolute Gasteiger partial charge is 0.406 e. The summed E-state index contributed by atoms with van der Waals surface area (Å²) in [4.78, 5) is 17.5. The fraction of sp³-hybridized carbons (Fsp3) is 0.533. The maximum atomic E-state index is 13.4. The van der Waals surface area contributed by atoms with Gasteiger partial charge in [-0.25, -0.2) is 16.9 Å². The van der Waals surface area contributed by atoms with Gasteiger partial charge in [-0.3, -0.25) is 14.1 Å². The molecule has 2 fully saturated rings. The number of benzene rings is 2. The highest BCUT2D eigenvalue weighted by molar-refractivity contribution is 7.89. The van der Waals surface area contributed by atoms with Crippen molar-refractivity contribution in [3.05, 3.63) is 58.7 Å². The Morgan fingerprint density at radius 2 is 1.78 bits per heavy atom. The number of nitrogens with zero attached hydrogens (tertiary/aromatic N) is 3. The molecular formula is C30H37F3N4O6S2. The van der Waals surface area contributed by atoms with Gasteiger partial charge < -0.3 is 14.8 Å². The summed E-state index contributed by atoms with van der Waals surface area (Å²) in [6.07, 6.45) is -1.04. The molecule has 246 valence electrons. The number of carbonyl (C=O) groups is 1. The Morgan fingerprint density at radius 3 is 2.38 bits per heavy atom. The largest absolute Gasteiger partial charge is 0.573 e. The zero-order valence-electron chi connectivity index (χ0n) is 25.4. The number of halogens is 3. The maximum Gasteiger partial charge on any atom is 0.573 e. The van der Waals surface area contributed by atoms with Crippen LogP contribution in [0.1, 0.15) is 47.9 Å². The van der Waals surface area contributed by atoms with Gasteiger partial charge in [0.15, 0.2) is 0 Å². The summed E-state index contributed by atoms with van der Waals surface area (Å²) in [5, 5.41) is 2.65. The Kier molecular flexibility index (Phi) is 9.64. The summed E-state index contributed by atoms with van der Waals surface area (Å²) >= 11 is 0. The number of alkyl halides is 3. The molecule has 1 atom stereocenters. The van der Waals surface area contributed by atoms with E-state index in [2.05, 4.69) is 15.0 Å². The molecule has 0 aromatic heterocycles. The first-order valence-electron chi connectivity index (χ1n) is 14.7. The van der Waals surface area contributed by atoms with Gasteiger partial charge in [-0.15, -0.1) is 13.2 Å². The van der Waals surface area contributed by atoms with Crippen LogP contribution in [0.15, 0.2) is 41.4 Å². The van der Waals surface area contributed by atoms with Gasteiger partial charge in [-0.2, -0.15) is 0 Å². The second-order valence-corrected chi connectivity index (χ2v) is 15.0. The summed E-state index contributed by atoms with van der Waals surface area (Å²) in [5.41, 5.74) is 2.69. The van der Waals surface area contributed by atoms with Crippen LogP contribution in [0, 0.1) is 13.8 Å².